The number of hydrogen-bond donors (Lipinski definition) is 1. The van der Waals surface area contributed by atoms with Crippen molar-refractivity contribution in [3.63, 3.8) is 0 Å². The minimum absolute atomic E-state index is 0.101. The van der Waals surface area contributed by atoms with Gasteiger partial charge in [-0.3, -0.25) is 0 Å². The van der Waals surface area contributed by atoms with Gasteiger partial charge in [0, 0.05) is 12.5 Å². The van der Waals surface area contributed by atoms with Crippen molar-refractivity contribution in [1.29, 1.82) is 0 Å². The maximum absolute atomic E-state index is 6.20. The average molecular weight is 310 g/mol. The molecule has 0 amide bonds. The molecule has 1 unspecified atom stereocenters. The summed E-state index contributed by atoms with van der Waals surface area (Å²) in [5.74, 6) is 1.76. The molecule has 2 N–H and O–H groups in total. The number of benzene rings is 1. The summed E-state index contributed by atoms with van der Waals surface area (Å²) in [6.45, 7) is 4.26. The van der Waals surface area contributed by atoms with Crippen LogP contribution in [0.4, 0.5) is 0 Å². The van der Waals surface area contributed by atoms with E-state index in [-0.39, 0.29) is 12.6 Å². The molecule has 1 aromatic carbocycles. The second kappa shape index (κ2) is 7.43. The topological polar surface area (TPSA) is 74.2 Å². The zero-order chi connectivity index (χ0) is 15.2. The minimum atomic E-state index is 0.101. The molecule has 0 saturated heterocycles. The van der Waals surface area contributed by atoms with Crippen molar-refractivity contribution in [2.45, 2.75) is 45.8 Å². The number of nitrogens with zero attached hydrogens (tertiary/aromatic N) is 2. The Morgan fingerprint density at radius 3 is 2.90 bits per heavy atom. The fourth-order valence-electron chi connectivity index (χ4n) is 1.97. The predicted molar refractivity (Wildman–Crippen MR) is 81.4 cm³/mol. The largest absolute Gasteiger partial charge is 0.484 e. The Balaban J connectivity index is 1.96. The highest BCUT2D eigenvalue weighted by atomic mass is 35.5. The molecule has 114 valence electrons. The lowest BCUT2D eigenvalue weighted by atomic mass is 10.1. The van der Waals surface area contributed by atoms with Crippen LogP contribution in [0.2, 0.25) is 5.02 Å². The van der Waals surface area contributed by atoms with Crippen LogP contribution in [0.3, 0.4) is 0 Å². The van der Waals surface area contributed by atoms with Gasteiger partial charge in [0.1, 0.15) is 5.75 Å². The zero-order valence-corrected chi connectivity index (χ0v) is 13.1. The summed E-state index contributed by atoms with van der Waals surface area (Å²) >= 11 is 6.20. The van der Waals surface area contributed by atoms with Gasteiger partial charge in [0.15, 0.2) is 6.61 Å². The summed E-state index contributed by atoms with van der Waals surface area (Å²) in [4.78, 5) is 4.24. The van der Waals surface area contributed by atoms with E-state index in [9.17, 15) is 0 Å². The highest BCUT2D eigenvalue weighted by Gasteiger charge is 2.09. The van der Waals surface area contributed by atoms with Crippen LogP contribution in [0.5, 0.6) is 5.75 Å². The van der Waals surface area contributed by atoms with Crippen LogP contribution in [0.15, 0.2) is 22.7 Å². The van der Waals surface area contributed by atoms with Gasteiger partial charge in [-0.1, -0.05) is 29.7 Å². The molecule has 1 aromatic heterocycles. The molecule has 5 nitrogen and oxygen atoms in total. The molecule has 0 saturated carbocycles. The van der Waals surface area contributed by atoms with Crippen molar-refractivity contribution >= 4 is 11.6 Å². The van der Waals surface area contributed by atoms with Gasteiger partial charge < -0.3 is 15.0 Å². The summed E-state index contributed by atoms with van der Waals surface area (Å²) in [5.41, 5.74) is 6.86. The Kier molecular flexibility index (Phi) is 5.59. The smallest absolute Gasteiger partial charge is 0.226 e. The van der Waals surface area contributed by atoms with Gasteiger partial charge in [0.25, 0.3) is 0 Å². The summed E-state index contributed by atoms with van der Waals surface area (Å²) in [7, 11) is 0. The van der Waals surface area contributed by atoms with Gasteiger partial charge in [-0.25, -0.2) is 0 Å². The molecule has 0 fully saturated rings. The van der Waals surface area contributed by atoms with Crippen molar-refractivity contribution in [2.24, 2.45) is 5.73 Å². The fraction of sp³-hybridized carbons (Fsp3) is 0.467. The number of hydrogen-bond acceptors (Lipinski definition) is 5. The van der Waals surface area contributed by atoms with Gasteiger partial charge in [-0.2, -0.15) is 4.98 Å². The summed E-state index contributed by atoms with van der Waals surface area (Å²) in [6.07, 6.45) is 2.53. The highest BCUT2D eigenvalue weighted by molar-refractivity contribution is 6.32. The normalized spacial score (nSPS) is 12.4. The molecule has 0 spiro atoms. The van der Waals surface area contributed by atoms with E-state index in [0.29, 0.717) is 22.5 Å². The molecular formula is C15H20ClN3O2. The standard InChI is InChI=1S/C15H20ClN3O2/c1-3-4-15-18-14(19-21-15)9-20-13-6-5-11(7-10(2)17)8-12(13)16/h5-6,8,10H,3-4,7,9,17H2,1-2H3. The lowest BCUT2D eigenvalue weighted by Gasteiger charge is -2.09. The highest BCUT2D eigenvalue weighted by Crippen LogP contribution is 2.26. The van der Waals surface area contributed by atoms with Crippen molar-refractivity contribution in [3.05, 3.63) is 40.5 Å². The van der Waals surface area contributed by atoms with Crippen LogP contribution in [-0.4, -0.2) is 16.2 Å². The first-order chi connectivity index (χ1) is 10.1. The van der Waals surface area contributed by atoms with Crippen LogP contribution in [0, 0.1) is 0 Å². The maximum atomic E-state index is 6.20. The Hall–Kier alpha value is -1.59. The van der Waals surface area contributed by atoms with Gasteiger partial charge in [-0.15, -0.1) is 0 Å². The minimum Gasteiger partial charge on any atom is -0.484 e. The number of rotatable bonds is 7. The van der Waals surface area contributed by atoms with Gasteiger partial charge in [0.05, 0.1) is 5.02 Å². The Bertz CT molecular complexity index is 584. The lowest BCUT2D eigenvalue weighted by molar-refractivity contribution is 0.285. The monoisotopic (exact) mass is 309 g/mol. The molecule has 0 bridgehead atoms. The molecule has 21 heavy (non-hydrogen) atoms. The third-order valence-electron chi connectivity index (χ3n) is 2.88. The number of halogens is 1. The van der Waals surface area contributed by atoms with E-state index in [2.05, 4.69) is 17.1 Å². The number of nitrogens with two attached hydrogens (primary N) is 1. The van der Waals surface area contributed by atoms with E-state index in [1.165, 1.54) is 0 Å². The van der Waals surface area contributed by atoms with Gasteiger partial charge in [0.2, 0.25) is 11.7 Å². The fourth-order valence-corrected chi connectivity index (χ4v) is 2.22. The molecule has 0 radical (unpaired) electrons. The molecule has 6 heteroatoms. The first-order valence-electron chi connectivity index (χ1n) is 7.06. The molecule has 2 aromatic rings. The van der Waals surface area contributed by atoms with E-state index >= 15 is 0 Å². The van der Waals surface area contributed by atoms with Gasteiger partial charge in [-0.05, 0) is 37.5 Å². The lowest BCUT2D eigenvalue weighted by Crippen LogP contribution is -2.17. The van der Waals surface area contributed by atoms with E-state index < -0.39 is 0 Å². The Morgan fingerprint density at radius 2 is 2.24 bits per heavy atom. The molecule has 2 rings (SSSR count). The maximum Gasteiger partial charge on any atom is 0.226 e. The van der Waals surface area contributed by atoms with Crippen molar-refractivity contribution in [3.8, 4) is 5.75 Å². The molecule has 1 heterocycles. The van der Waals surface area contributed by atoms with Crippen LogP contribution in [-0.2, 0) is 19.4 Å². The van der Waals surface area contributed by atoms with Crippen LogP contribution >= 0.6 is 11.6 Å². The molecule has 0 aliphatic carbocycles. The number of aromatic nitrogens is 2. The molecule has 0 aliphatic rings. The zero-order valence-electron chi connectivity index (χ0n) is 12.3. The molecule has 1 atom stereocenters. The van der Waals surface area contributed by atoms with Crippen LogP contribution in [0.1, 0.15) is 37.5 Å². The third-order valence-corrected chi connectivity index (χ3v) is 3.18. The number of ether oxygens (including phenoxy) is 1. The quantitative estimate of drug-likeness (QED) is 0.850. The van der Waals surface area contributed by atoms with E-state index in [1.807, 2.05) is 25.1 Å². The summed E-state index contributed by atoms with van der Waals surface area (Å²) in [5, 5.41) is 4.43. The number of aryl methyl sites for hydroxylation is 1. The third kappa shape index (κ3) is 4.72. The van der Waals surface area contributed by atoms with Crippen molar-refractivity contribution in [2.75, 3.05) is 0 Å². The first-order valence-corrected chi connectivity index (χ1v) is 7.44. The van der Waals surface area contributed by atoms with E-state index in [0.717, 1.165) is 24.8 Å². The second-order valence-electron chi connectivity index (χ2n) is 5.09. The SMILES string of the molecule is CCCc1nc(COc2ccc(CC(C)N)cc2Cl)no1. The average Bonchev–Trinajstić information content (AvgIpc) is 2.85. The van der Waals surface area contributed by atoms with Gasteiger partial charge >= 0.3 is 0 Å². The molecular weight excluding hydrogens is 290 g/mol. The summed E-state index contributed by atoms with van der Waals surface area (Å²) in [6, 6.07) is 5.78. The van der Waals surface area contributed by atoms with E-state index in [4.69, 9.17) is 26.6 Å². The second-order valence-corrected chi connectivity index (χ2v) is 5.50. The predicted octanol–water partition coefficient (Wildman–Crippen LogP) is 3.14. The van der Waals surface area contributed by atoms with E-state index in [1.54, 1.807) is 0 Å². The first kappa shape index (κ1) is 15.8. The molecule has 0 aliphatic heterocycles. The van der Waals surface area contributed by atoms with Crippen molar-refractivity contribution < 1.29 is 9.26 Å². The van der Waals surface area contributed by atoms with Crippen LogP contribution < -0.4 is 10.5 Å². The van der Waals surface area contributed by atoms with Crippen LogP contribution in [0.25, 0.3) is 0 Å². The Labute approximate surface area is 129 Å². The summed E-state index contributed by atoms with van der Waals surface area (Å²) < 4.78 is 10.7. The van der Waals surface area contributed by atoms with Crippen molar-refractivity contribution in [1.82, 2.24) is 10.1 Å². The Morgan fingerprint density at radius 1 is 1.43 bits per heavy atom.